The third-order valence-electron chi connectivity index (χ3n) is 2.58. The highest BCUT2D eigenvalue weighted by Crippen LogP contribution is 2.24. The molecule has 5 nitrogen and oxygen atoms in total. The summed E-state index contributed by atoms with van der Waals surface area (Å²) >= 11 is 5.99. The molecule has 0 aliphatic heterocycles. The first kappa shape index (κ1) is 12.6. The number of hydrogen-bond donors (Lipinski definition) is 0. The van der Waals surface area contributed by atoms with Gasteiger partial charge in [0.15, 0.2) is 6.61 Å². The Hall–Kier alpha value is -2.40. The highest BCUT2D eigenvalue weighted by Gasteiger charge is 2.09. The van der Waals surface area contributed by atoms with Gasteiger partial charge < -0.3 is 9.26 Å². The number of aromatic nitrogens is 3. The minimum atomic E-state index is 0.164. The van der Waals surface area contributed by atoms with Crippen LogP contribution in [0.3, 0.4) is 0 Å². The number of nitrogens with zero attached hydrogens (tertiary/aromatic N) is 3. The molecule has 100 valence electrons. The molecule has 0 saturated heterocycles. The molecule has 0 N–H and O–H groups in total. The van der Waals surface area contributed by atoms with Gasteiger partial charge in [0.2, 0.25) is 5.82 Å². The highest BCUT2D eigenvalue weighted by molar-refractivity contribution is 6.32. The van der Waals surface area contributed by atoms with Crippen LogP contribution in [-0.2, 0) is 6.61 Å². The first-order valence-electron chi connectivity index (χ1n) is 5.93. The van der Waals surface area contributed by atoms with Gasteiger partial charge >= 0.3 is 0 Å². The van der Waals surface area contributed by atoms with Crippen LogP contribution < -0.4 is 4.74 Å². The number of rotatable bonds is 4. The molecular formula is C14H10ClN3O2. The summed E-state index contributed by atoms with van der Waals surface area (Å²) in [6.07, 6.45) is 3.36. The van der Waals surface area contributed by atoms with E-state index >= 15 is 0 Å². The number of benzene rings is 1. The van der Waals surface area contributed by atoms with Crippen molar-refractivity contribution >= 4 is 11.6 Å². The Morgan fingerprint density at radius 3 is 2.85 bits per heavy atom. The molecule has 0 unspecified atom stereocenters. The van der Waals surface area contributed by atoms with Gasteiger partial charge in [-0.2, -0.15) is 4.98 Å². The predicted octanol–water partition coefficient (Wildman–Crippen LogP) is 3.36. The van der Waals surface area contributed by atoms with Crippen molar-refractivity contribution in [3.05, 3.63) is 59.7 Å². The molecule has 2 aromatic heterocycles. The summed E-state index contributed by atoms with van der Waals surface area (Å²) in [6, 6.07) is 10.9. The van der Waals surface area contributed by atoms with Gasteiger partial charge in [0.05, 0.1) is 5.02 Å². The second-order valence-electron chi connectivity index (χ2n) is 3.97. The van der Waals surface area contributed by atoms with Gasteiger partial charge in [0, 0.05) is 18.0 Å². The molecule has 0 spiro atoms. The largest absolute Gasteiger partial charge is 0.482 e. The Morgan fingerprint density at radius 1 is 1.15 bits per heavy atom. The maximum atomic E-state index is 5.99. The maximum absolute atomic E-state index is 5.99. The zero-order valence-electron chi connectivity index (χ0n) is 10.4. The first-order chi connectivity index (χ1) is 9.83. The molecule has 2 heterocycles. The van der Waals surface area contributed by atoms with Gasteiger partial charge in [-0.3, -0.25) is 4.98 Å². The van der Waals surface area contributed by atoms with Crippen molar-refractivity contribution in [1.29, 1.82) is 0 Å². The van der Waals surface area contributed by atoms with E-state index in [1.54, 1.807) is 24.5 Å². The molecule has 0 saturated carbocycles. The highest BCUT2D eigenvalue weighted by atomic mass is 35.5. The average molecular weight is 288 g/mol. The Kier molecular flexibility index (Phi) is 3.60. The van der Waals surface area contributed by atoms with Crippen molar-refractivity contribution in [2.24, 2.45) is 0 Å². The molecule has 1 aromatic carbocycles. The van der Waals surface area contributed by atoms with E-state index < -0.39 is 0 Å². The van der Waals surface area contributed by atoms with Gasteiger partial charge in [-0.25, -0.2) is 0 Å². The zero-order valence-corrected chi connectivity index (χ0v) is 11.1. The summed E-state index contributed by atoms with van der Waals surface area (Å²) in [5, 5.41) is 4.42. The van der Waals surface area contributed by atoms with Crippen molar-refractivity contribution in [1.82, 2.24) is 15.1 Å². The topological polar surface area (TPSA) is 61.0 Å². The fourth-order valence-electron chi connectivity index (χ4n) is 1.63. The normalized spacial score (nSPS) is 10.4. The fraction of sp³-hybridized carbons (Fsp3) is 0.0714. The fourth-order valence-corrected chi connectivity index (χ4v) is 1.82. The lowest BCUT2D eigenvalue weighted by atomic mass is 10.3. The summed E-state index contributed by atoms with van der Waals surface area (Å²) in [7, 11) is 0. The third kappa shape index (κ3) is 2.78. The lowest BCUT2D eigenvalue weighted by Crippen LogP contribution is -1.96. The Labute approximate surface area is 120 Å². The van der Waals surface area contributed by atoms with Gasteiger partial charge in [0.25, 0.3) is 5.89 Å². The Balaban J connectivity index is 1.71. The molecule has 3 aromatic rings. The van der Waals surface area contributed by atoms with Gasteiger partial charge in [-0.1, -0.05) is 28.9 Å². The van der Waals surface area contributed by atoms with Crippen LogP contribution in [0.15, 0.2) is 53.3 Å². The second kappa shape index (κ2) is 5.71. The van der Waals surface area contributed by atoms with Crippen molar-refractivity contribution in [3.63, 3.8) is 0 Å². The monoisotopic (exact) mass is 287 g/mol. The van der Waals surface area contributed by atoms with Crippen LogP contribution in [0, 0.1) is 0 Å². The Morgan fingerprint density at radius 2 is 2.05 bits per heavy atom. The maximum Gasteiger partial charge on any atom is 0.264 e. The second-order valence-corrected chi connectivity index (χ2v) is 4.38. The van der Waals surface area contributed by atoms with Crippen LogP contribution in [0.25, 0.3) is 11.4 Å². The molecule has 0 fully saturated rings. The van der Waals surface area contributed by atoms with Crippen LogP contribution in [0.1, 0.15) is 5.89 Å². The van der Waals surface area contributed by atoms with Crippen molar-refractivity contribution in [2.45, 2.75) is 6.61 Å². The van der Waals surface area contributed by atoms with Crippen molar-refractivity contribution < 1.29 is 9.26 Å². The zero-order chi connectivity index (χ0) is 13.8. The van der Waals surface area contributed by atoms with Crippen LogP contribution >= 0.6 is 11.6 Å². The quantitative estimate of drug-likeness (QED) is 0.736. The standard InChI is InChI=1S/C14H10ClN3O2/c15-11-5-1-2-6-12(11)19-9-13-17-14(18-20-13)10-4-3-7-16-8-10/h1-8H,9H2. The lowest BCUT2D eigenvalue weighted by molar-refractivity contribution is 0.243. The van der Waals surface area contributed by atoms with Crippen molar-refractivity contribution in [2.75, 3.05) is 0 Å². The summed E-state index contributed by atoms with van der Waals surface area (Å²) in [4.78, 5) is 8.24. The average Bonchev–Trinajstić information content (AvgIpc) is 2.96. The van der Waals surface area contributed by atoms with E-state index in [0.717, 1.165) is 5.56 Å². The van der Waals surface area contributed by atoms with E-state index in [4.69, 9.17) is 20.9 Å². The molecule has 0 atom stereocenters. The molecule has 0 aliphatic carbocycles. The molecule has 6 heteroatoms. The van der Waals surface area contributed by atoms with Crippen LogP contribution in [-0.4, -0.2) is 15.1 Å². The summed E-state index contributed by atoms with van der Waals surface area (Å²) < 4.78 is 10.7. The third-order valence-corrected chi connectivity index (χ3v) is 2.89. The molecule has 0 bridgehead atoms. The van der Waals surface area contributed by atoms with Crippen LogP contribution in [0.5, 0.6) is 5.75 Å². The van der Waals surface area contributed by atoms with Crippen LogP contribution in [0.2, 0.25) is 5.02 Å². The van der Waals surface area contributed by atoms with E-state index in [9.17, 15) is 0 Å². The van der Waals surface area contributed by atoms with E-state index in [0.29, 0.717) is 22.5 Å². The Bertz CT molecular complexity index is 700. The van der Waals surface area contributed by atoms with E-state index in [2.05, 4.69) is 15.1 Å². The number of para-hydroxylation sites is 1. The smallest absolute Gasteiger partial charge is 0.264 e. The van der Waals surface area contributed by atoms with Gasteiger partial charge in [-0.15, -0.1) is 0 Å². The van der Waals surface area contributed by atoms with E-state index in [1.807, 2.05) is 24.3 Å². The van der Waals surface area contributed by atoms with Crippen LogP contribution in [0.4, 0.5) is 0 Å². The van der Waals surface area contributed by atoms with Crippen molar-refractivity contribution in [3.8, 4) is 17.1 Å². The number of ether oxygens (including phenoxy) is 1. The molecule has 20 heavy (non-hydrogen) atoms. The minimum Gasteiger partial charge on any atom is -0.482 e. The summed E-state index contributed by atoms with van der Waals surface area (Å²) in [5.74, 6) is 1.44. The minimum absolute atomic E-state index is 0.164. The molecule has 0 amide bonds. The summed E-state index contributed by atoms with van der Waals surface area (Å²) in [6.45, 7) is 0.164. The number of pyridine rings is 1. The van der Waals surface area contributed by atoms with E-state index in [1.165, 1.54) is 0 Å². The summed E-state index contributed by atoms with van der Waals surface area (Å²) in [5.41, 5.74) is 0.792. The molecular weight excluding hydrogens is 278 g/mol. The van der Waals surface area contributed by atoms with Gasteiger partial charge in [0.1, 0.15) is 5.75 Å². The SMILES string of the molecule is Clc1ccccc1OCc1nc(-c2cccnc2)no1. The predicted molar refractivity (Wildman–Crippen MR) is 73.3 cm³/mol. The molecule has 3 rings (SSSR count). The molecule has 0 aliphatic rings. The number of halogens is 1. The first-order valence-corrected chi connectivity index (χ1v) is 6.31. The van der Waals surface area contributed by atoms with Gasteiger partial charge in [-0.05, 0) is 24.3 Å². The van der Waals surface area contributed by atoms with E-state index in [-0.39, 0.29) is 6.61 Å². The molecule has 0 radical (unpaired) electrons. The number of hydrogen-bond acceptors (Lipinski definition) is 5. The lowest BCUT2D eigenvalue weighted by Gasteiger charge is -2.04.